The van der Waals surface area contributed by atoms with Crippen molar-refractivity contribution >= 4 is 5.91 Å². The lowest BCUT2D eigenvalue weighted by Crippen LogP contribution is -2.50. The van der Waals surface area contributed by atoms with Gasteiger partial charge in [-0.15, -0.1) is 10.1 Å². The topological polar surface area (TPSA) is 111 Å². The number of nitrogens with zero attached hydrogens (tertiary/aromatic N) is 2. The number of hydrogen-bond acceptors (Lipinski definition) is 7. The predicted octanol–water partition coefficient (Wildman–Crippen LogP) is 2.09. The van der Waals surface area contributed by atoms with Crippen LogP contribution in [-0.2, 0) is 20.8 Å². The summed E-state index contributed by atoms with van der Waals surface area (Å²) in [7, 11) is 1.65. The highest BCUT2D eigenvalue weighted by Crippen LogP contribution is 2.22. The smallest absolute Gasteiger partial charge is 0.294 e. The zero-order valence-corrected chi connectivity index (χ0v) is 17.8. The Morgan fingerprint density at radius 1 is 1.28 bits per heavy atom. The second kappa shape index (κ2) is 11.6. The molecule has 0 radical (unpaired) electrons. The normalized spacial score (nSPS) is 12.5. The minimum absolute atomic E-state index is 0.0136. The largest absolute Gasteiger partial charge is 0.491 e. The van der Waals surface area contributed by atoms with Crippen molar-refractivity contribution in [3.8, 4) is 5.75 Å². The van der Waals surface area contributed by atoms with Gasteiger partial charge in [-0.3, -0.25) is 4.79 Å². The average Bonchev–Trinajstić information content (AvgIpc) is 2.67. The van der Waals surface area contributed by atoms with E-state index in [1.165, 1.54) is 4.90 Å². The molecule has 1 N–H and O–H groups in total. The van der Waals surface area contributed by atoms with Gasteiger partial charge in [0.2, 0.25) is 5.91 Å². The van der Waals surface area contributed by atoms with Gasteiger partial charge < -0.3 is 24.3 Å². The number of aliphatic hydroxyl groups excluding tert-OH is 1. The first kappa shape index (κ1) is 24.6. The van der Waals surface area contributed by atoms with Gasteiger partial charge >= 0.3 is 0 Å². The summed E-state index contributed by atoms with van der Waals surface area (Å²) in [4.78, 5) is 29.1. The molecule has 0 aliphatic heterocycles. The van der Waals surface area contributed by atoms with Gasteiger partial charge in [-0.2, -0.15) is 0 Å². The maximum absolute atomic E-state index is 12.8. The van der Waals surface area contributed by atoms with Gasteiger partial charge in [0, 0.05) is 13.2 Å². The first-order chi connectivity index (χ1) is 13.6. The van der Waals surface area contributed by atoms with Crippen LogP contribution in [0.5, 0.6) is 5.75 Å². The SMILES string of the molecule is COCCc1ccc(OCC(O)CN(C(=O)C(C)(C)CO[N+](=O)[O-])C(C)C)cc1. The Balaban J connectivity index is 2.62. The van der Waals surface area contributed by atoms with E-state index in [2.05, 4.69) is 4.84 Å². The summed E-state index contributed by atoms with van der Waals surface area (Å²) in [6, 6.07) is 7.31. The van der Waals surface area contributed by atoms with Crippen LogP contribution in [0, 0.1) is 15.5 Å². The molecular weight excluding hydrogens is 380 g/mol. The minimum atomic E-state index is -1.10. The summed E-state index contributed by atoms with van der Waals surface area (Å²) in [6.45, 7) is 7.11. The number of carbonyl (C=O) groups is 1. The summed E-state index contributed by atoms with van der Waals surface area (Å²) in [5, 5.41) is 19.9. The molecule has 0 spiro atoms. The van der Waals surface area contributed by atoms with E-state index in [9.17, 15) is 20.0 Å². The molecule has 0 aromatic heterocycles. The molecule has 0 saturated heterocycles. The number of hydrogen-bond donors (Lipinski definition) is 1. The number of ether oxygens (including phenoxy) is 2. The van der Waals surface area contributed by atoms with E-state index < -0.39 is 16.6 Å². The molecule has 1 amide bonds. The molecule has 1 aromatic carbocycles. The first-order valence-electron chi connectivity index (χ1n) is 9.54. The van der Waals surface area contributed by atoms with Crippen LogP contribution in [0.4, 0.5) is 0 Å². The molecule has 9 heteroatoms. The van der Waals surface area contributed by atoms with Crippen LogP contribution in [0.25, 0.3) is 0 Å². The molecule has 0 heterocycles. The second-order valence-corrected chi connectivity index (χ2v) is 7.78. The van der Waals surface area contributed by atoms with Gasteiger partial charge in [0.25, 0.3) is 5.09 Å². The monoisotopic (exact) mass is 412 g/mol. The van der Waals surface area contributed by atoms with Gasteiger partial charge in [-0.25, -0.2) is 0 Å². The Hall–Kier alpha value is -2.39. The third-order valence-electron chi connectivity index (χ3n) is 4.36. The van der Waals surface area contributed by atoms with Crippen LogP contribution in [0.15, 0.2) is 24.3 Å². The number of methoxy groups -OCH3 is 1. The molecule has 0 aliphatic rings. The van der Waals surface area contributed by atoms with E-state index in [4.69, 9.17) is 9.47 Å². The van der Waals surface area contributed by atoms with Gasteiger partial charge in [0.15, 0.2) is 0 Å². The fourth-order valence-electron chi connectivity index (χ4n) is 2.64. The molecule has 1 aromatic rings. The summed E-state index contributed by atoms with van der Waals surface area (Å²) < 4.78 is 10.7. The summed E-state index contributed by atoms with van der Waals surface area (Å²) in [5.74, 6) is 0.281. The molecule has 0 fully saturated rings. The molecule has 164 valence electrons. The maximum Gasteiger partial charge on any atom is 0.294 e. The van der Waals surface area contributed by atoms with Crippen LogP contribution in [0.1, 0.15) is 33.3 Å². The predicted molar refractivity (Wildman–Crippen MR) is 107 cm³/mol. The zero-order valence-electron chi connectivity index (χ0n) is 17.8. The molecule has 1 unspecified atom stereocenters. The third-order valence-corrected chi connectivity index (χ3v) is 4.36. The van der Waals surface area contributed by atoms with Crippen LogP contribution in [0.3, 0.4) is 0 Å². The molecule has 0 saturated carbocycles. The van der Waals surface area contributed by atoms with E-state index in [-0.39, 0.29) is 31.7 Å². The summed E-state index contributed by atoms with van der Waals surface area (Å²) >= 11 is 0. The highest BCUT2D eigenvalue weighted by molar-refractivity contribution is 5.82. The number of rotatable bonds is 13. The van der Waals surface area contributed by atoms with E-state index in [1.54, 1.807) is 21.0 Å². The fraction of sp³-hybridized carbons (Fsp3) is 0.650. The lowest BCUT2D eigenvalue weighted by Gasteiger charge is -2.35. The molecule has 1 atom stereocenters. The van der Waals surface area contributed by atoms with Crippen molar-refractivity contribution in [2.75, 3.05) is 33.5 Å². The number of benzene rings is 1. The Labute approximate surface area is 171 Å². The van der Waals surface area contributed by atoms with Crippen molar-refractivity contribution in [1.82, 2.24) is 4.90 Å². The quantitative estimate of drug-likeness (QED) is 0.390. The van der Waals surface area contributed by atoms with Crippen molar-refractivity contribution < 1.29 is 29.3 Å². The molecule has 29 heavy (non-hydrogen) atoms. The zero-order chi connectivity index (χ0) is 22.0. The molecule has 9 nitrogen and oxygen atoms in total. The lowest BCUT2D eigenvalue weighted by molar-refractivity contribution is -0.760. The number of carbonyl (C=O) groups excluding carboxylic acids is 1. The van der Waals surface area contributed by atoms with Gasteiger partial charge in [-0.1, -0.05) is 12.1 Å². The van der Waals surface area contributed by atoms with Crippen LogP contribution in [0.2, 0.25) is 0 Å². The van der Waals surface area contributed by atoms with Crippen LogP contribution >= 0.6 is 0 Å². The first-order valence-corrected chi connectivity index (χ1v) is 9.54. The minimum Gasteiger partial charge on any atom is -0.491 e. The fourth-order valence-corrected chi connectivity index (χ4v) is 2.64. The average molecular weight is 412 g/mol. The Morgan fingerprint density at radius 2 is 1.90 bits per heavy atom. The second-order valence-electron chi connectivity index (χ2n) is 7.78. The molecule has 1 rings (SSSR count). The Kier molecular flexibility index (Phi) is 9.84. The van der Waals surface area contributed by atoms with Crippen molar-refractivity contribution in [2.24, 2.45) is 5.41 Å². The van der Waals surface area contributed by atoms with Gasteiger partial charge in [0.05, 0.1) is 18.6 Å². The number of amides is 1. The van der Waals surface area contributed by atoms with Crippen molar-refractivity contribution in [3.05, 3.63) is 39.9 Å². The maximum atomic E-state index is 12.8. The Bertz CT molecular complexity index is 647. The summed E-state index contributed by atoms with van der Waals surface area (Å²) in [6.07, 6.45) is -0.109. The van der Waals surface area contributed by atoms with E-state index in [0.29, 0.717) is 12.4 Å². The number of aliphatic hydroxyl groups is 1. The highest BCUT2D eigenvalue weighted by atomic mass is 16.9. The van der Waals surface area contributed by atoms with Crippen molar-refractivity contribution in [2.45, 2.75) is 46.3 Å². The van der Waals surface area contributed by atoms with Crippen LogP contribution < -0.4 is 4.74 Å². The molecule has 0 aliphatic carbocycles. The van der Waals surface area contributed by atoms with Crippen LogP contribution in [-0.4, -0.2) is 66.6 Å². The summed E-state index contributed by atoms with van der Waals surface area (Å²) in [5.41, 5.74) is 0.0196. The van der Waals surface area contributed by atoms with E-state index >= 15 is 0 Å². The van der Waals surface area contributed by atoms with E-state index in [0.717, 1.165) is 12.0 Å². The van der Waals surface area contributed by atoms with E-state index in [1.807, 2.05) is 38.1 Å². The molecular formula is C20H32N2O7. The lowest BCUT2D eigenvalue weighted by atomic mass is 9.92. The Morgan fingerprint density at radius 3 is 2.41 bits per heavy atom. The van der Waals surface area contributed by atoms with Crippen molar-refractivity contribution in [1.29, 1.82) is 0 Å². The third kappa shape index (κ3) is 8.66. The standard InChI is InChI=1S/C20H32N2O7/c1-15(2)21(19(24)20(3,4)14-29-22(25)26)12-17(23)13-28-18-8-6-16(7-9-18)10-11-27-5/h6-9,15,17,23H,10-14H2,1-5H3. The molecule has 0 bridgehead atoms. The van der Waals surface area contributed by atoms with Gasteiger partial charge in [-0.05, 0) is 51.8 Å². The van der Waals surface area contributed by atoms with Gasteiger partial charge in [0.1, 0.15) is 25.1 Å². The van der Waals surface area contributed by atoms with Crippen molar-refractivity contribution in [3.63, 3.8) is 0 Å². The highest BCUT2D eigenvalue weighted by Gasteiger charge is 2.35.